The Balaban J connectivity index is 1.07. The van der Waals surface area contributed by atoms with Crippen LogP contribution in [0.15, 0.2) is 43.0 Å². The lowest BCUT2D eigenvalue weighted by Gasteiger charge is -2.30. The number of carboxylic acid groups (broad SMARTS) is 1. The second-order valence-corrected chi connectivity index (χ2v) is 22.2. The molecule has 0 bridgehead atoms. The highest BCUT2D eigenvalue weighted by molar-refractivity contribution is 7.99. The fourth-order valence-electron chi connectivity index (χ4n) is 6.64. The normalized spacial score (nSPS) is 19.4. The number of aliphatic hydroxyl groups is 2. The first-order chi connectivity index (χ1) is 34.7. The maximum atomic E-state index is 12.8. The number of nitrogens with two attached hydrogens (primary N) is 1. The third-order valence-electron chi connectivity index (χ3n) is 10.4. The van der Waals surface area contributed by atoms with Crippen molar-refractivity contribution < 1.29 is 100.0 Å². The van der Waals surface area contributed by atoms with Gasteiger partial charge in [0, 0.05) is 37.2 Å². The lowest BCUT2D eigenvalue weighted by atomic mass is 9.87. The maximum absolute atomic E-state index is 12.8. The number of nitrogen functional groups attached to an aromatic ring is 1. The number of carbonyl (C=O) groups excluding carboxylic acids is 5. The van der Waals surface area contributed by atoms with Crippen molar-refractivity contribution in [3.8, 4) is 0 Å². The molecule has 412 valence electrons. The summed E-state index contributed by atoms with van der Waals surface area (Å²) in [6.07, 6.45) is -6.21. The second kappa shape index (κ2) is 28.2. The molecule has 3 aromatic rings. The first kappa shape index (κ1) is 61.5. The summed E-state index contributed by atoms with van der Waals surface area (Å²) in [5.41, 5.74) is 4.94. The molecular formula is C39H59N10O21P3S. The number of nitrogens with zero attached hydrogens (tertiary/aromatic N) is 4. The molecule has 4 rings (SSSR count). The Bertz CT molecular complexity index is 2560. The number of aliphatic carboxylic acids is 1. The highest BCUT2D eigenvalue weighted by Crippen LogP contribution is 2.61. The summed E-state index contributed by atoms with van der Waals surface area (Å²) < 4.78 is 62.4. The van der Waals surface area contributed by atoms with Gasteiger partial charge in [-0.05, 0) is 24.8 Å². The van der Waals surface area contributed by atoms with Crippen LogP contribution >= 0.6 is 35.2 Å². The molecule has 1 aromatic carbocycles. The number of aromatic nitrogens is 4. The fraction of sp³-hybridized carbons (Fsp3) is 0.564. The standard InChI is InChI=1S/C39H59N10O21P3S/c1-39(2,20-67-73(64,65)70-72(62,63)66-18-25-32(69-71(59,60)61)31(54)37(68-25)49-22-47-30-34(40)45-21-46-35(30)49)33(55)36(56)43-13-11-26(50)42-14-15-74-19-29(53)41-12-7-6-10-24(38(57)58)48-28(52)17-44-27(51)16-23-8-4-3-5-9-23/h3-5,8-9,21-22,24-25,31-33,37,54-55H,6-7,10-20H2,1-2H3,(H,41,53)(H,42,50)(H,43,56)(H,44,51)(H,48,52)(H,57,58)(H,62,63)(H,64,65)(H2,40,45,46)(H2,59,60,61)/t24-,25+,31+,32+,33-,37+/m0/s1. The van der Waals surface area contributed by atoms with E-state index in [2.05, 4.69) is 50.4 Å². The van der Waals surface area contributed by atoms with E-state index in [-0.39, 0.29) is 74.1 Å². The molecule has 2 unspecified atom stereocenters. The van der Waals surface area contributed by atoms with Crippen molar-refractivity contribution in [3.63, 3.8) is 0 Å². The summed E-state index contributed by atoms with van der Waals surface area (Å²) in [4.78, 5) is 124. The number of amides is 5. The van der Waals surface area contributed by atoms with Crippen LogP contribution in [0.25, 0.3) is 11.2 Å². The number of imidazole rings is 1. The number of carboxylic acids is 1. The van der Waals surface area contributed by atoms with E-state index < -0.39 is 108 Å². The number of unbranched alkanes of at least 4 members (excludes halogenated alkanes) is 1. The first-order valence-electron chi connectivity index (χ1n) is 22.2. The Kier molecular flexibility index (Phi) is 23.5. The second-order valence-electron chi connectivity index (χ2n) is 16.9. The van der Waals surface area contributed by atoms with E-state index >= 15 is 0 Å². The number of phosphoric ester groups is 3. The Morgan fingerprint density at radius 1 is 0.878 bits per heavy atom. The molecule has 5 amide bonds. The number of ether oxygens (including phenoxy) is 1. The van der Waals surface area contributed by atoms with Gasteiger partial charge < -0.3 is 71.9 Å². The molecule has 3 heterocycles. The summed E-state index contributed by atoms with van der Waals surface area (Å²) in [5, 5.41) is 43.5. The largest absolute Gasteiger partial charge is 0.481 e. The molecule has 8 atom stereocenters. The number of thioether (sulfide) groups is 1. The van der Waals surface area contributed by atoms with Crippen LogP contribution in [0.4, 0.5) is 5.82 Å². The SMILES string of the molecule is CC(C)(COP(=O)(O)OP(=O)(O)OC[C@H]1O[C@@H](n2cnc3c(N)ncnc32)[C@H](O)[C@@H]1OP(=O)(O)O)[C@@H](O)C(=O)NCCC(=O)NCCSCC(=O)NCCCC[C@H](NC(=O)CNC(=O)Cc1ccccc1)C(=O)O. The summed E-state index contributed by atoms with van der Waals surface area (Å²) in [7, 11) is -16.5. The molecule has 0 saturated carbocycles. The molecular weight excluding hydrogens is 1070 g/mol. The molecule has 31 nitrogen and oxygen atoms in total. The number of nitrogens with one attached hydrogen (secondary N) is 5. The molecule has 14 N–H and O–H groups in total. The predicted octanol–water partition coefficient (Wildman–Crippen LogP) is -1.65. The number of phosphoric acid groups is 3. The van der Waals surface area contributed by atoms with Gasteiger partial charge >= 0.3 is 29.4 Å². The van der Waals surface area contributed by atoms with Crippen LogP contribution in [0.3, 0.4) is 0 Å². The van der Waals surface area contributed by atoms with Gasteiger partial charge in [0.15, 0.2) is 17.7 Å². The van der Waals surface area contributed by atoms with Crippen LogP contribution in [0, 0.1) is 5.41 Å². The summed E-state index contributed by atoms with van der Waals surface area (Å²) in [6.45, 7) is 0.131. The van der Waals surface area contributed by atoms with Crippen LogP contribution < -0.4 is 32.3 Å². The Morgan fingerprint density at radius 2 is 1.57 bits per heavy atom. The van der Waals surface area contributed by atoms with Gasteiger partial charge in [0.25, 0.3) is 0 Å². The van der Waals surface area contributed by atoms with Crippen molar-refractivity contribution in [2.24, 2.45) is 5.41 Å². The average Bonchev–Trinajstić information content (AvgIpc) is 3.88. The van der Waals surface area contributed by atoms with E-state index in [1.165, 1.54) is 25.6 Å². The van der Waals surface area contributed by atoms with Gasteiger partial charge in [0.1, 0.15) is 42.3 Å². The Hall–Kier alpha value is -5.01. The van der Waals surface area contributed by atoms with Crippen molar-refractivity contribution in [2.75, 3.05) is 56.6 Å². The van der Waals surface area contributed by atoms with Gasteiger partial charge in [-0.15, -0.1) is 0 Å². The third-order valence-corrected chi connectivity index (χ3v) is 14.5. The quantitative estimate of drug-likeness (QED) is 0.0246. The topological polar surface area (TPSA) is 471 Å². The van der Waals surface area contributed by atoms with Crippen molar-refractivity contribution in [3.05, 3.63) is 48.5 Å². The molecule has 0 spiro atoms. The van der Waals surface area contributed by atoms with Crippen LogP contribution in [0.5, 0.6) is 0 Å². The zero-order chi connectivity index (χ0) is 54.9. The lowest BCUT2D eigenvalue weighted by molar-refractivity contribution is -0.142. The van der Waals surface area contributed by atoms with E-state index in [4.69, 9.17) is 19.5 Å². The average molecular weight is 1130 g/mol. The van der Waals surface area contributed by atoms with E-state index in [0.29, 0.717) is 18.6 Å². The zero-order valence-corrected chi connectivity index (χ0v) is 43.2. The predicted molar refractivity (Wildman–Crippen MR) is 257 cm³/mol. The molecule has 35 heteroatoms. The van der Waals surface area contributed by atoms with Gasteiger partial charge in [0.05, 0.1) is 38.3 Å². The van der Waals surface area contributed by atoms with Gasteiger partial charge in [-0.1, -0.05) is 44.2 Å². The lowest BCUT2D eigenvalue weighted by Crippen LogP contribution is -2.46. The molecule has 1 fully saturated rings. The van der Waals surface area contributed by atoms with E-state index in [1.54, 1.807) is 30.3 Å². The van der Waals surface area contributed by atoms with Crippen LogP contribution in [0.2, 0.25) is 0 Å². The number of hydrogen-bond donors (Lipinski definition) is 13. The highest BCUT2D eigenvalue weighted by Gasteiger charge is 2.50. The Morgan fingerprint density at radius 3 is 2.26 bits per heavy atom. The van der Waals surface area contributed by atoms with E-state index in [0.717, 1.165) is 22.8 Å². The number of fused-ring (bicyclic) bond motifs is 1. The number of hydrogen-bond acceptors (Lipinski definition) is 21. The Labute approximate surface area is 425 Å². The molecule has 1 saturated heterocycles. The van der Waals surface area contributed by atoms with Crippen molar-refractivity contribution in [1.29, 1.82) is 0 Å². The minimum atomic E-state index is -5.61. The number of benzene rings is 1. The summed E-state index contributed by atoms with van der Waals surface area (Å²) in [5.74, 6) is -3.77. The number of rotatable bonds is 32. The first-order valence-corrected chi connectivity index (χ1v) is 27.9. The molecule has 0 aliphatic carbocycles. The number of carbonyl (C=O) groups is 6. The molecule has 1 aliphatic heterocycles. The highest BCUT2D eigenvalue weighted by atomic mass is 32.2. The minimum Gasteiger partial charge on any atom is -0.480 e. The van der Waals surface area contributed by atoms with E-state index in [9.17, 15) is 77.4 Å². The molecule has 2 aromatic heterocycles. The zero-order valence-electron chi connectivity index (χ0n) is 39.7. The maximum Gasteiger partial charge on any atom is 0.481 e. The van der Waals surface area contributed by atoms with Crippen LogP contribution in [-0.2, 0) is 71.5 Å². The fourth-order valence-corrected chi connectivity index (χ4v) is 10.2. The van der Waals surface area contributed by atoms with Crippen molar-refractivity contribution >= 4 is 87.7 Å². The summed E-state index contributed by atoms with van der Waals surface area (Å²) in [6, 6.07) is 7.69. The van der Waals surface area contributed by atoms with Gasteiger partial charge in [-0.3, -0.25) is 42.1 Å². The molecule has 74 heavy (non-hydrogen) atoms. The smallest absolute Gasteiger partial charge is 0.480 e. The van der Waals surface area contributed by atoms with Gasteiger partial charge in [-0.25, -0.2) is 33.4 Å². The number of aliphatic hydroxyl groups excluding tert-OH is 2. The van der Waals surface area contributed by atoms with Crippen LogP contribution in [0.1, 0.15) is 51.3 Å². The van der Waals surface area contributed by atoms with Gasteiger partial charge in [0.2, 0.25) is 29.5 Å². The third kappa shape index (κ3) is 20.6. The number of anilines is 1. The molecule has 1 aliphatic rings. The summed E-state index contributed by atoms with van der Waals surface area (Å²) >= 11 is 1.21. The van der Waals surface area contributed by atoms with Crippen molar-refractivity contribution in [1.82, 2.24) is 46.1 Å². The van der Waals surface area contributed by atoms with E-state index in [1.807, 2.05) is 0 Å². The molecule has 0 radical (unpaired) electrons. The van der Waals surface area contributed by atoms with Crippen molar-refractivity contribution in [2.45, 2.75) is 82.6 Å². The minimum absolute atomic E-state index is 0.0127. The monoisotopic (exact) mass is 1130 g/mol. The van der Waals surface area contributed by atoms with Gasteiger partial charge in [-0.2, -0.15) is 16.1 Å². The van der Waals surface area contributed by atoms with Crippen LogP contribution in [-0.4, -0.2) is 171 Å².